The number of hydrogen-bond acceptors (Lipinski definition) is 7. The van der Waals surface area contributed by atoms with Crippen LogP contribution in [-0.4, -0.2) is 33.2 Å². The molecule has 0 radical (unpaired) electrons. The molecule has 4 heterocycles. The lowest BCUT2D eigenvalue weighted by Gasteiger charge is -2.25. The summed E-state index contributed by atoms with van der Waals surface area (Å²) in [5, 5.41) is 10.1. The van der Waals surface area contributed by atoms with Crippen LogP contribution in [0.2, 0.25) is 0 Å². The molecule has 7 nitrogen and oxygen atoms in total. The lowest BCUT2D eigenvalue weighted by molar-refractivity contribution is -0.140. The highest BCUT2D eigenvalue weighted by Crippen LogP contribution is 2.33. The van der Waals surface area contributed by atoms with Crippen LogP contribution in [0.3, 0.4) is 0 Å². The van der Waals surface area contributed by atoms with Crippen LogP contribution in [0, 0.1) is 11.3 Å². The van der Waals surface area contributed by atoms with Crippen LogP contribution in [0.25, 0.3) is 27.1 Å². The molecular weight excluding hydrogens is 376 g/mol. The summed E-state index contributed by atoms with van der Waals surface area (Å²) < 4.78 is 6.61. The van der Waals surface area contributed by atoms with Gasteiger partial charge >= 0.3 is 0 Å². The summed E-state index contributed by atoms with van der Waals surface area (Å²) in [6.07, 6.45) is 4.99. The van der Waals surface area contributed by atoms with Crippen LogP contribution in [0.4, 0.5) is 0 Å². The summed E-state index contributed by atoms with van der Waals surface area (Å²) in [5.74, 6) is -0.558. The van der Waals surface area contributed by atoms with Crippen molar-refractivity contribution in [3.8, 4) is 16.6 Å². The van der Waals surface area contributed by atoms with Gasteiger partial charge in [-0.1, -0.05) is 0 Å². The normalized spacial score (nSPS) is 16.3. The van der Waals surface area contributed by atoms with Crippen LogP contribution in [0.15, 0.2) is 51.7 Å². The molecular formula is C20H14N4O3S. The van der Waals surface area contributed by atoms with E-state index in [1.165, 1.54) is 11.3 Å². The van der Waals surface area contributed by atoms with E-state index >= 15 is 0 Å². The molecule has 0 bridgehead atoms. The first-order valence-corrected chi connectivity index (χ1v) is 9.35. The van der Waals surface area contributed by atoms with Crippen molar-refractivity contribution in [2.24, 2.45) is 0 Å². The summed E-state index contributed by atoms with van der Waals surface area (Å²) in [6, 6.07) is 7.45. The third kappa shape index (κ3) is 2.82. The fourth-order valence-electron chi connectivity index (χ4n) is 3.00. The van der Waals surface area contributed by atoms with E-state index in [1.54, 1.807) is 38.4 Å². The Hall–Kier alpha value is -3.57. The number of fused-ring (bicyclic) bond motifs is 1. The molecule has 3 aromatic heterocycles. The minimum Gasteiger partial charge on any atom is -0.437 e. The zero-order chi connectivity index (χ0) is 19.8. The molecule has 8 heteroatoms. The number of pyridine rings is 1. The van der Waals surface area contributed by atoms with E-state index in [-0.39, 0.29) is 17.7 Å². The lowest BCUT2D eigenvalue weighted by atomic mass is 9.95. The van der Waals surface area contributed by atoms with Crippen LogP contribution < -0.4 is 0 Å². The molecule has 3 aromatic rings. The predicted molar refractivity (Wildman–Crippen MR) is 104 cm³/mol. The summed E-state index contributed by atoms with van der Waals surface area (Å²) in [4.78, 5) is 34.5. The van der Waals surface area contributed by atoms with Crippen molar-refractivity contribution in [2.45, 2.75) is 13.8 Å². The van der Waals surface area contributed by atoms with E-state index in [9.17, 15) is 14.9 Å². The van der Waals surface area contributed by atoms with Crippen LogP contribution in [0.5, 0.6) is 0 Å². The molecule has 2 amide bonds. The minimum atomic E-state index is -0.562. The van der Waals surface area contributed by atoms with Crippen molar-refractivity contribution >= 4 is 39.6 Å². The molecule has 0 aromatic carbocycles. The maximum atomic E-state index is 12.7. The number of carbonyl (C=O) groups excluding carboxylic acids is 2. The van der Waals surface area contributed by atoms with Gasteiger partial charge in [-0.15, -0.1) is 11.3 Å². The molecule has 0 saturated heterocycles. The largest absolute Gasteiger partial charge is 0.437 e. The maximum absolute atomic E-state index is 12.7. The SMILES string of the molecule is CCN1C(=O)C(C#N)=C(C)/C(=C/c2cc3sc(-c4cccnc4)nc3o2)C1=O. The van der Waals surface area contributed by atoms with Gasteiger partial charge in [-0.3, -0.25) is 19.5 Å². The second-order valence-corrected chi connectivity index (χ2v) is 7.13. The van der Waals surface area contributed by atoms with Gasteiger partial charge < -0.3 is 4.42 Å². The van der Waals surface area contributed by atoms with Crippen molar-refractivity contribution < 1.29 is 14.0 Å². The lowest BCUT2D eigenvalue weighted by Crippen LogP contribution is -2.42. The van der Waals surface area contributed by atoms with Crippen LogP contribution >= 0.6 is 11.3 Å². The van der Waals surface area contributed by atoms with E-state index in [0.29, 0.717) is 17.0 Å². The summed E-state index contributed by atoms with van der Waals surface area (Å²) in [7, 11) is 0. The van der Waals surface area contributed by atoms with Crippen molar-refractivity contribution in [1.82, 2.24) is 14.9 Å². The van der Waals surface area contributed by atoms with E-state index in [2.05, 4.69) is 9.97 Å². The van der Waals surface area contributed by atoms with Gasteiger partial charge in [0.1, 0.15) is 22.4 Å². The van der Waals surface area contributed by atoms with Gasteiger partial charge in [0, 0.05) is 36.1 Å². The monoisotopic (exact) mass is 390 g/mol. The van der Waals surface area contributed by atoms with Gasteiger partial charge in [-0.2, -0.15) is 5.26 Å². The average Bonchev–Trinajstić information content (AvgIpc) is 3.25. The van der Waals surface area contributed by atoms with E-state index < -0.39 is 11.8 Å². The maximum Gasteiger partial charge on any atom is 0.271 e. The first-order chi connectivity index (χ1) is 13.5. The topological polar surface area (TPSA) is 100 Å². The Morgan fingerprint density at radius 1 is 1.36 bits per heavy atom. The number of nitriles is 1. The summed E-state index contributed by atoms with van der Waals surface area (Å²) in [5.41, 5.74) is 1.95. The third-order valence-corrected chi connectivity index (χ3v) is 5.48. The molecule has 138 valence electrons. The minimum absolute atomic E-state index is 0.0296. The number of imide groups is 1. The molecule has 28 heavy (non-hydrogen) atoms. The highest BCUT2D eigenvalue weighted by atomic mass is 32.1. The number of carbonyl (C=O) groups is 2. The van der Waals surface area contributed by atoms with Gasteiger partial charge in [0.05, 0.1) is 4.70 Å². The van der Waals surface area contributed by atoms with Gasteiger partial charge in [-0.05, 0) is 37.6 Å². The third-order valence-electron chi connectivity index (χ3n) is 4.45. The van der Waals surface area contributed by atoms with Crippen molar-refractivity contribution in [2.75, 3.05) is 6.54 Å². The molecule has 4 rings (SSSR count). The Balaban J connectivity index is 1.76. The van der Waals surface area contributed by atoms with Gasteiger partial charge in [0.2, 0.25) is 5.71 Å². The number of rotatable bonds is 3. The molecule has 1 aliphatic rings. The number of amides is 2. The van der Waals surface area contributed by atoms with Gasteiger partial charge in [-0.25, -0.2) is 4.98 Å². The Morgan fingerprint density at radius 3 is 2.82 bits per heavy atom. The van der Waals surface area contributed by atoms with E-state index in [1.807, 2.05) is 18.2 Å². The zero-order valence-corrected chi connectivity index (χ0v) is 15.9. The summed E-state index contributed by atoms with van der Waals surface area (Å²) in [6.45, 7) is 3.48. The Kier molecular flexibility index (Phi) is 4.37. The van der Waals surface area contributed by atoms with Crippen LogP contribution in [-0.2, 0) is 9.59 Å². The smallest absolute Gasteiger partial charge is 0.271 e. The van der Waals surface area contributed by atoms with Crippen molar-refractivity contribution in [3.05, 3.63) is 53.1 Å². The van der Waals surface area contributed by atoms with E-state index in [0.717, 1.165) is 20.2 Å². The first kappa shape index (κ1) is 17.8. The second-order valence-electron chi connectivity index (χ2n) is 6.10. The number of furan rings is 1. The zero-order valence-electron chi connectivity index (χ0n) is 15.1. The highest BCUT2D eigenvalue weighted by molar-refractivity contribution is 7.21. The molecule has 0 N–H and O–H groups in total. The molecule has 0 fully saturated rings. The van der Waals surface area contributed by atoms with Gasteiger partial charge in [0.25, 0.3) is 11.8 Å². The van der Waals surface area contributed by atoms with E-state index in [4.69, 9.17) is 4.42 Å². The number of thiazole rings is 1. The molecule has 0 unspecified atom stereocenters. The number of hydrogen-bond donors (Lipinski definition) is 0. The number of aromatic nitrogens is 2. The fourth-order valence-corrected chi connectivity index (χ4v) is 3.92. The highest BCUT2D eigenvalue weighted by Gasteiger charge is 2.34. The Bertz CT molecular complexity index is 1180. The molecule has 0 saturated carbocycles. The number of likely N-dealkylation sites (N-methyl/N-ethyl adjacent to an activating group) is 1. The van der Waals surface area contributed by atoms with Gasteiger partial charge in [0.15, 0.2) is 0 Å². The summed E-state index contributed by atoms with van der Waals surface area (Å²) >= 11 is 1.46. The standard InChI is InChI=1S/C20H14N4O3S/c1-3-24-19(25)14(11(2)15(9-21)20(24)26)7-13-8-16-17(27-13)23-18(28-16)12-5-4-6-22-10-12/h4-8,10H,3H2,1-2H3/b14-7-. The first-order valence-electron chi connectivity index (χ1n) is 8.53. The molecule has 0 spiro atoms. The molecule has 1 aliphatic heterocycles. The Morgan fingerprint density at radius 2 is 2.18 bits per heavy atom. The quantitative estimate of drug-likeness (QED) is 0.501. The Labute approximate surface area is 164 Å². The fraction of sp³-hybridized carbons (Fsp3) is 0.150. The number of nitrogens with zero attached hydrogens (tertiary/aromatic N) is 4. The molecule has 0 aliphatic carbocycles. The van der Waals surface area contributed by atoms with Crippen molar-refractivity contribution in [1.29, 1.82) is 5.26 Å². The van der Waals surface area contributed by atoms with Crippen molar-refractivity contribution in [3.63, 3.8) is 0 Å². The predicted octanol–water partition coefficient (Wildman–Crippen LogP) is 3.56. The second kappa shape index (κ2) is 6.87. The van der Waals surface area contributed by atoms with Crippen LogP contribution in [0.1, 0.15) is 19.6 Å². The molecule has 0 atom stereocenters. The average molecular weight is 390 g/mol.